The molecule has 2 aromatic rings. The van der Waals surface area contributed by atoms with E-state index < -0.39 is 0 Å². The second-order valence-corrected chi connectivity index (χ2v) is 5.30. The van der Waals surface area contributed by atoms with Gasteiger partial charge in [-0.1, -0.05) is 12.1 Å². The van der Waals surface area contributed by atoms with Gasteiger partial charge in [-0.3, -0.25) is 4.79 Å². The molecule has 1 aliphatic rings. The number of nitrogens with one attached hydrogen (secondary N) is 1. The van der Waals surface area contributed by atoms with Gasteiger partial charge < -0.3 is 19.2 Å². The molecule has 6 nitrogen and oxygen atoms in total. The molecule has 1 atom stereocenters. The second-order valence-electron chi connectivity index (χ2n) is 5.30. The molecule has 1 aromatic heterocycles. The largest absolute Gasteiger partial charge is 0.493 e. The molecule has 0 bridgehead atoms. The lowest BCUT2D eigenvalue weighted by Crippen LogP contribution is -2.35. The average molecular weight is 302 g/mol. The number of aromatic nitrogens is 1. The Kier molecular flexibility index (Phi) is 4.00. The molecule has 0 saturated heterocycles. The van der Waals surface area contributed by atoms with E-state index in [9.17, 15) is 4.79 Å². The summed E-state index contributed by atoms with van der Waals surface area (Å²) in [6, 6.07) is 5.85. The van der Waals surface area contributed by atoms with E-state index in [1.165, 1.54) is 6.39 Å². The molecule has 116 valence electrons. The summed E-state index contributed by atoms with van der Waals surface area (Å²) >= 11 is 0. The summed E-state index contributed by atoms with van der Waals surface area (Å²) in [5.41, 5.74) is 1.43. The van der Waals surface area contributed by atoms with Crippen LogP contribution in [0, 0.1) is 12.8 Å². The van der Waals surface area contributed by atoms with Crippen LogP contribution in [0.3, 0.4) is 0 Å². The highest BCUT2D eigenvalue weighted by Crippen LogP contribution is 2.35. The van der Waals surface area contributed by atoms with Crippen molar-refractivity contribution in [2.24, 2.45) is 5.92 Å². The first kappa shape index (κ1) is 14.4. The van der Waals surface area contributed by atoms with Crippen molar-refractivity contribution in [2.45, 2.75) is 13.3 Å². The molecule has 0 spiro atoms. The Labute approximate surface area is 128 Å². The van der Waals surface area contributed by atoms with Crippen molar-refractivity contribution in [3.63, 3.8) is 0 Å². The van der Waals surface area contributed by atoms with Crippen molar-refractivity contribution in [1.82, 2.24) is 10.3 Å². The first-order valence-electron chi connectivity index (χ1n) is 7.16. The number of carbonyl (C=O) groups is 1. The Morgan fingerprint density at radius 2 is 2.36 bits per heavy atom. The van der Waals surface area contributed by atoms with Crippen LogP contribution in [0.5, 0.6) is 11.5 Å². The minimum atomic E-state index is -0.220. The minimum Gasteiger partial charge on any atom is -0.493 e. The number of nitrogens with zero attached hydrogens (tertiary/aromatic N) is 1. The molecular weight excluding hydrogens is 284 g/mol. The van der Waals surface area contributed by atoms with Gasteiger partial charge in [-0.05, 0) is 25.0 Å². The molecule has 0 saturated carbocycles. The smallest absolute Gasteiger partial charge is 0.273 e. The molecule has 1 aliphatic heterocycles. The van der Waals surface area contributed by atoms with Crippen molar-refractivity contribution < 1.29 is 18.7 Å². The third-order valence-electron chi connectivity index (χ3n) is 3.76. The fourth-order valence-electron chi connectivity index (χ4n) is 2.59. The number of amides is 1. The normalized spacial score (nSPS) is 16.5. The van der Waals surface area contributed by atoms with Crippen LogP contribution in [0.25, 0.3) is 0 Å². The Balaban J connectivity index is 1.61. The van der Waals surface area contributed by atoms with Gasteiger partial charge in [0.2, 0.25) is 0 Å². The van der Waals surface area contributed by atoms with Gasteiger partial charge in [-0.25, -0.2) is 4.98 Å². The van der Waals surface area contributed by atoms with E-state index >= 15 is 0 Å². The highest BCUT2D eigenvalue weighted by atomic mass is 16.5. The lowest BCUT2D eigenvalue weighted by atomic mass is 9.96. The Morgan fingerprint density at radius 1 is 1.50 bits per heavy atom. The van der Waals surface area contributed by atoms with E-state index in [2.05, 4.69) is 10.3 Å². The average Bonchev–Trinajstić information content (AvgIpc) is 2.97. The zero-order valence-electron chi connectivity index (χ0n) is 12.6. The number of fused-ring (bicyclic) bond motifs is 1. The van der Waals surface area contributed by atoms with Gasteiger partial charge in [0.25, 0.3) is 5.91 Å². The van der Waals surface area contributed by atoms with Crippen molar-refractivity contribution in [1.29, 1.82) is 0 Å². The zero-order valence-corrected chi connectivity index (χ0v) is 12.6. The summed E-state index contributed by atoms with van der Waals surface area (Å²) in [7, 11) is 1.63. The van der Waals surface area contributed by atoms with Crippen molar-refractivity contribution in [2.75, 3.05) is 20.3 Å². The summed E-state index contributed by atoms with van der Waals surface area (Å²) in [6.07, 6.45) is 2.11. The molecule has 3 rings (SSSR count). The molecule has 1 aromatic carbocycles. The number of rotatable bonds is 4. The van der Waals surface area contributed by atoms with Crippen LogP contribution in [0.4, 0.5) is 0 Å². The van der Waals surface area contributed by atoms with E-state index in [1.807, 2.05) is 18.2 Å². The number of methoxy groups -OCH3 is 1. The first-order valence-corrected chi connectivity index (χ1v) is 7.16. The van der Waals surface area contributed by atoms with Gasteiger partial charge >= 0.3 is 0 Å². The number of para-hydroxylation sites is 1. The fraction of sp³-hybridized carbons (Fsp3) is 0.375. The molecular formula is C16H18N2O4. The molecule has 1 amide bonds. The van der Waals surface area contributed by atoms with Gasteiger partial charge in [0, 0.05) is 12.5 Å². The quantitative estimate of drug-likeness (QED) is 0.934. The lowest BCUT2D eigenvalue weighted by Gasteiger charge is -2.26. The summed E-state index contributed by atoms with van der Waals surface area (Å²) in [6.45, 7) is 2.79. The van der Waals surface area contributed by atoms with Crippen LogP contribution in [0.15, 0.2) is 29.0 Å². The maximum absolute atomic E-state index is 12.0. The lowest BCUT2D eigenvalue weighted by molar-refractivity contribution is 0.0932. The molecule has 0 fully saturated rings. The maximum atomic E-state index is 12.0. The van der Waals surface area contributed by atoms with Crippen LogP contribution < -0.4 is 14.8 Å². The van der Waals surface area contributed by atoms with E-state index in [1.54, 1.807) is 14.0 Å². The Hall–Kier alpha value is -2.50. The van der Waals surface area contributed by atoms with Crippen molar-refractivity contribution in [3.05, 3.63) is 41.6 Å². The van der Waals surface area contributed by atoms with Crippen LogP contribution in [-0.4, -0.2) is 31.2 Å². The summed E-state index contributed by atoms with van der Waals surface area (Å²) in [4.78, 5) is 15.9. The van der Waals surface area contributed by atoms with Gasteiger partial charge in [0.15, 0.2) is 23.6 Å². The van der Waals surface area contributed by atoms with Crippen molar-refractivity contribution in [3.8, 4) is 11.5 Å². The zero-order chi connectivity index (χ0) is 15.5. The van der Waals surface area contributed by atoms with Gasteiger partial charge in [0.05, 0.1) is 13.7 Å². The summed E-state index contributed by atoms with van der Waals surface area (Å²) in [5, 5.41) is 2.88. The highest BCUT2D eigenvalue weighted by molar-refractivity contribution is 5.93. The van der Waals surface area contributed by atoms with E-state index in [4.69, 9.17) is 13.9 Å². The van der Waals surface area contributed by atoms with Gasteiger partial charge in [0.1, 0.15) is 5.76 Å². The van der Waals surface area contributed by atoms with Crippen LogP contribution in [0.1, 0.15) is 21.8 Å². The van der Waals surface area contributed by atoms with Gasteiger partial charge in [-0.2, -0.15) is 0 Å². The molecule has 6 heteroatoms. The predicted octanol–water partition coefficient (Wildman–Crippen LogP) is 1.97. The first-order chi connectivity index (χ1) is 10.7. The molecule has 2 heterocycles. The van der Waals surface area contributed by atoms with Crippen LogP contribution in [-0.2, 0) is 6.42 Å². The Morgan fingerprint density at radius 3 is 3.09 bits per heavy atom. The monoisotopic (exact) mass is 302 g/mol. The number of hydrogen-bond donors (Lipinski definition) is 1. The number of aryl methyl sites for hydroxylation is 1. The number of carbonyl (C=O) groups excluding carboxylic acids is 1. The molecule has 1 N–H and O–H groups in total. The van der Waals surface area contributed by atoms with Crippen molar-refractivity contribution >= 4 is 5.91 Å². The van der Waals surface area contributed by atoms with E-state index in [-0.39, 0.29) is 11.8 Å². The third kappa shape index (κ3) is 2.77. The third-order valence-corrected chi connectivity index (χ3v) is 3.76. The van der Waals surface area contributed by atoms with E-state index in [0.29, 0.717) is 24.6 Å². The predicted molar refractivity (Wildman–Crippen MR) is 79.3 cm³/mol. The number of ether oxygens (including phenoxy) is 2. The fourth-order valence-corrected chi connectivity index (χ4v) is 2.59. The topological polar surface area (TPSA) is 73.6 Å². The molecule has 0 radical (unpaired) electrons. The standard InChI is InChI=1S/C16H18N2O4/c1-10-14(18-9-22-10)16(19)17-7-11-6-12-4-3-5-13(20-2)15(12)21-8-11/h3-5,9,11H,6-8H2,1-2H3,(H,17,19)/t11-/m1/s1. The number of hydrogen-bond acceptors (Lipinski definition) is 5. The second kappa shape index (κ2) is 6.09. The highest BCUT2D eigenvalue weighted by Gasteiger charge is 2.23. The molecule has 0 aliphatic carbocycles. The molecule has 22 heavy (non-hydrogen) atoms. The Bertz CT molecular complexity index is 681. The van der Waals surface area contributed by atoms with Crippen LogP contribution in [0.2, 0.25) is 0 Å². The van der Waals surface area contributed by atoms with Crippen LogP contribution >= 0.6 is 0 Å². The SMILES string of the molecule is COc1cccc2c1OC[C@@H](CNC(=O)c1ncoc1C)C2. The molecule has 0 unspecified atom stereocenters. The number of benzene rings is 1. The summed E-state index contributed by atoms with van der Waals surface area (Å²) in [5.74, 6) is 2.07. The van der Waals surface area contributed by atoms with E-state index in [0.717, 1.165) is 23.5 Å². The maximum Gasteiger partial charge on any atom is 0.273 e. The summed E-state index contributed by atoms with van der Waals surface area (Å²) < 4.78 is 16.1. The van der Waals surface area contributed by atoms with Gasteiger partial charge in [-0.15, -0.1) is 0 Å². The minimum absolute atomic E-state index is 0.218. The number of oxazole rings is 1.